The van der Waals surface area contributed by atoms with E-state index in [1.807, 2.05) is 0 Å². The van der Waals surface area contributed by atoms with Gasteiger partial charge in [0.15, 0.2) is 0 Å². The molecule has 0 aliphatic rings. The molecule has 0 rings (SSSR count). The minimum atomic E-state index is -5.61. The second-order valence-corrected chi connectivity index (χ2v) is 3.30. The number of rotatable bonds is 0. The van der Waals surface area contributed by atoms with Crippen LogP contribution < -0.4 is 19.2 Å². The quantitative estimate of drug-likeness (QED) is 0.314. The molecule has 0 aromatic carbocycles. The van der Waals surface area contributed by atoms with Crippen molar-refractivity contribution in [3.8, 4) is 0 Å². The average Bonchev–Trinajstić information content (AvgIpc) is 1.12. The van der Waals surface area contributed by atoms with Crippen LogP contribution >= 0.6 is 0 Å². The zero-order chi connectivity index (χ0) is 9.00. The van der Waals surface area contributed by atoms with Crippen molar-refractivity contribution in [2.45, 2.75) is 0 Å². The minimum Gasteiger partial charge on any atom is -0.894 e. The molecule has 0 unspecified atom stereocenters. The van der Waals surface area contributed by atoms with E-state index in [9.17, 15) is 0 Å². The molecule has 0 heterocycles. The Morgan fingerprint density at radius 1 is 0.692 bits per heavy atom. The molecule has 0 spiro atoms. The molecule has 72 valence electrons. The van der Waals surface area contributed by atoms with Crippen molar-refractivity contribution in [1.29, 1.82) is 0 Å². The maximum Gasteiger partial charge on any atom is 2.00 e. The van der Waals surface area contributed by atoms with Gasteiger partial charge in [-0.05, 0) is 0 Å². The van der Waals surface area contributed by atoms with Crippen LogP contribution in [0, 0.1) is 0 Å². The molecular formula is H6Ca2O9Si2. The minimum absolute atomic E-state index is 0. The van der Waals surface area contributed by atoms with Gasteiger partial charge < -0.3 is 52.9 Å². The van der Waals surface area contributed by atoms with Crippen LogP contribution in [0.2, 0.25) is 0 Å². The van der Waals surface area contributed by atoms with Gasteiger partial charge in [0.05, 0.1) is 0 Å². The van der Waals surface area contributed by atoms with E-state index in [-0.39, 0.29) is 81.0 Å². The molecule has 0 saturated heterocycles. The van der Waals surface area contributed by atoms with E-state index in [0.717, 1.165) is 0 Å². The van der Waals surface area contributed by atoms with Gasteiger partial charge in [0.1, 0.15) is 0 Å². The summed E-state index contributed by atoms with van der Waals surface area (Å²) in [5.74, 6) is 0. The van der Waals surface area contributed by atoms with Crippen molar-refractivity contribution in [3.05, 3.63) is 0 Å². The van der Waals surface area contributed by atoms with Crippen LogP contribution in [0.25, 0.3) is 0 Å². The first-order valence-corrected chi connectivity index (χ1v) is 5.13. The standard InChI is InChI=1S/2Ca.H4O4Si.O4Si.H2O/c;;2*1-5(2,3)4;/h;;1-4H;;1H2/q2*+2;;-4;. The van der Waals surface area contributed by atoms with E-state index in [4.69, 9.17) is 38.4 Å². The molecule has 0 amide bonds. The van der Waals surface area contributed by atoms with E-state index in [1.165, 1.54) is 0 Å². The summed E-state index contributed by atoms with van der Waals surface area (Å²) in [6, 6.07) is 0. The Balaban J connectivity index is -0.0000000267. The molecule has 0 bridgehead atoms. The largest absolute Gasteiger partial charge is 2.00 e. The van der Waals surface area contributed by atoms with Gasteiger partial charge in [-0.25, -0.2) is 0 Å². The molecule has 0 saturated carbocycles. The smallest absolute Gasteiger partial charge is 0.894 e. The molecule has 13 heteroatoms. The summed E-state index contributed by atoms with van der Waals surface area (Å²) in [6.07, 6.45) is 0. The molecule has 0 aliphatic carbocycles. The molecule has 0 aliphatic heterocycles. The first-order valence-electron chi connectivity index (χ1n) is 1.71. The Morgan fingerprint density at radius 2 is 0.692 bits per heavy atom. The zero-order valence-electron chi connectivity index (χ0n) is 6.34. The molecular weight excluding hydrogens is 280 g/mol. The van der Waals surface area contributed by atoms with Crippen LogP contribution in [-0.4, -0.2) is 118 Å². The maximum absolute atomic E-state index is 8.58. The Bertz CT molecular complexity index is 58.6. The molecule has 0 fully saturated rings. The van der Waals surface area contributed by atoms with Crippen molar-refractivity contribution >= 4 is 93.6 Å². The van der Waals surface area contributed by atoms with Gasteiger partial charge in [-0.15, -0.1) is 0 Å². The third-order valence-electron chi connectivity index (χ3n) is 0. The van der Waals surface area contributed by atoms with Gasteiger partial charge in [-0.3, -0.25) is 0 Å². The van der Waals surface area contributed by atoms with Gasteiger partial charge in [0, 0.05) is 0 Å². The molecule has 0 aromatic heterocycles. The third kappa shape index (κ3) is 344. The SMILES string of the molecule is O.O[Si](O)(O)O.[Ca+2].[Ca+2].[O-][Si]([O-])([O-])[O-]. The topological polar surface area (TPSA) is 205 Å². The summed E-state index contributed by atoms with van der Waals surface area (Å²) in [4.78, 5) is 63.6. The van der Waals surface area contributed by atoms with Crippen LogP contribution in [0.3, 0.4) is 0 Å². The molecule has 0 radical (unpaired) electrons. The van der Waals surface area contributed by atoms with Gasteiger partial charge in [0.2, 0.25) is 0 Å². The first-order chi connectivity index (χ1) is 4.00. The van der Waals surface area contributed by atoms with Crippen molar-refractivity contribution < 1.29 is 43.8 Å². The van der Waals surface area contributed by atoms with Crippen LogP contribution in [0.5, 0.6) is 0 Å². The second kappa shape index (κ2) is 12.7. The van der Waals surface area contributed by atoms with Crippen molar-refractivity contribution in [2.75, 3.05) is 0 Å². The first kappa shape index (κ1) is 29.6. The van der Waals surface area contributed by atoms with Crippen LogP contribution in [0.1, 0.15) is 0 Å². The summed E-state index contributed by atoms with van der Waals surface area (Å²) < 4.78 is 0. The van der Waals surface area contributed by atoms with E-state index < -0.39 is 18.1 Å². The van der Waals surface area contributed by atoms with Gasteiger partial charge in [-0.2, -0.15) is 0 Å². The van der Waals surface area contributed by atoms with Gasteiger partial charge >= 0.3 is 84.5 Å². The average molecular weight is 286 g/mol. The van der Waals surface area contributed by atoms with E-state index >= 15 is 0 Å². The fourth-order valence-corrected chi connectivity index (χ4v) is 0. The van der Waals surface area contributed by atoms with Crippen molar-refractivity contribution in [2.24, 2.45) is 0 Å². The third-order valence-corrected chi connectivity index (χ3v) is 0. The predicted octanol–water partition coefficient (Wildman–Crippen LogP) is -9.33. The van der Waals surface area contributed by atoms with E-state index in [1.54, 1.807) is 0 Å². The molecule has 6 N–H and O–H groups in total. The second-order valence-electron chi connectivity index (χ2n) is 1.10. The van der Waals surface area contributed by atoms with Crippen LogP contribution in [-0.2, 0) is 0 Å². The maximum atomic E-state index is 8.58. The fourth-order valence-electron chi connectivity index (χ4n) is 0. The molecule has 0 aromatic rings. The van der Waals surface area contributed by atoms with Crippen molar-refractivity contribution in [1.82, 2.24) is 0 Å². The monoisotopic (exact) mass is 286 g/mol. The van der Waals surface area contributed by atoms with E-state index in [2.05, 4.69) is 0 Å². The normalized spacial score (nSPS) is 9.23. The van der Waals surface area contributed by atoms with Gasteiger partial charge in [-0.1, -0.05) is 0 Å². The number of hydrogen-bond donors (Lipinski definition) is 4. The van der Waals surface area contributed by atoms with Crippen LogP contribution in [0.15, 0.2) is 0 Å². The Labute approximate surface area is 135 Å². The summed E-state index contributed by atoms with van der Waals surface area (Å²) >= 11 is 0. The molecule has 9 nitrogen and oxygen atoms in total. The Kier molecular flexibility index (Phi) is 28.8. The van der Waals surface area contributed by atoms with Gasteiger partial charge in [0.25, 0.3) is 0 Å². The van der Waals surface area contributed by atoms with Crippen LogP contribution in [0.4, 0.5) is 0 Å². The summed E-state index contributed by atoms with van der Waals surface area (Å²) in [5.41, 5.74) is 0. The zero-order valence-corrected chi connectivity index (χ0v) is 12.8. The molecule has 0 atom stereocenters. The number of hydrogen-bond acceptors (Lipinski definition) is 8. The Hall–Kier alpha value is 2.59. The Morgan fingerprint density at radius 3 is 0.692 bits per heavy atom. The van der Waals surface area contributed by atoms with E-state index in [0.29, 0.717) is 0 Å². The van der Waals surface area contributed by atoms with Crippen molar-refractivity contribution in [3.63, 3.8) is 0 Å². The summed E-state index contributed by atoms with van der Waals surface area (Å²) in [6.45, 7) is 0. The summed E-state index contributed by atoms with van der Waals surface area (Å²) in [5, 5.41) is 0. The fraction of sp³-hybridized carbons (Fsp3) is 0. The summed E-state index contributed by atoms with van der Waals surface area (Å²) in [7, 11) is -10.2. The molecule has 13 heavy (non-hydrogen) atoms. The predicted molar refractivity (Wildman–Crippen MR) is 35.5 cm³/mol.